The summed E-state index contributed by atoms with van der Waals surface area (Å²) in [5.74, 6) is -0.952. The Morgan fingerprint density at radius 3 is 2.95 bits per heavy atom. The molecule has 110 valence electrons. The Hall–Kier alpha value is -1.49. The lowest BCUT2D eigenvalue weighted by Gasteiger charge is -2.34. The SMILES string of the molecule is C[C@H](N)[C@@H]1CCCN(C(=O)Cc2cc(F)ccc2F)C1. The van der Waals surface area contributed by atoms with Gasteiger partial charge in [0.25, 0.3) is 0 Å². The van der Waals surface area contributed by atoms with E-state index in [0.29, 0.717) is 13.1 Å². The molecule has 0 bridgehead atoms. The molecule has 0 radical (unpaired) electrons. The van der Waals surface area contributed by atoms with E-state index in [2.05, 4.69) is 0 Å². The molecule has 0 spiro atoms. The molecule has 0 aliphatic carbocycles. The average Bonchev–Trinajstić information content (AvgIpc) is 2.43. The monoisotopic (exact) mass is 282 g/mol. The molecule has 1 aromatic carbocycles. The normalized spacial score (nSPS) is 20.8. The number of nitrogens with two attached hydrogens (primary N) is 1. The minimum Gasteiger partial charge on any atom is -0.342 e. The second-order valence-corrected chi connectivity index (χ2v) is 5.51. The van der Waals surface area contributed by atoms with Crippen molar-refractivity contribution in [3.63, 3.8) is 0 Å². The first kappa shape index (κ1) is 14.9. The summed E-state index contributed by atoms with van der Waals surface area (Å²) in [6.45, 7) is 3.21. The van der Waals surface area contributed by atoms with Crippen molar-refractivity contribution in [2.45, 2.75) is 32.2 Å². The van der Waals surface area contributed by atoms with Gasteiger partial charge in [-0.05, 0) is 43.9 Å². The van der Waals surface area contributed by atoms with Crippen LogP contribution < -0.4 is 5.73 Å². The van der Waals surface area contributed by atoms with Crippen molar-refractivity contribution in [1.29, 1.82) is 0 Å². The summed E-state index contributed by atoms with van der Waals surface area (Å²) < 4.78 is 26.6. The Balaban J connectivity index is 2.02. The third kappa shape index (κ3) is 3.54. The molecule has 2 N–H and O–H groups in total. The van der Waals surface area contributed by atoms with Crippen LogP contribution in [-0.2, 0) is 11.2 Å². The van der Waals surface area contributed by atoms with Crippen LogP contribution >= 0.6 is 0 Å². The van der Waals surface area contributed by atoms with Crippen LogP contribution in [0.1, 0.15) is 25.3 Å². The molecule has 1 aliphatic heterocycles. The summed E-state index contributed by atoms with van der Waals surface area (Å²) in [6, 6.07) is 3.23. The molecule has 1 amide bonds. The highest BCUT2D eigenvalue weighted by Crippen LogP contribution is 2.20. The third-order valence-electron chi connectivity index (χ3n) is 3.90. The number of amides is 1. The van der Waals surface area contributed by atoms with E-state index in [1.54, 1.807) is 4.90 Å². The predicted molar refractivity (Wildman–Crippen MR) is 73.0 cm³/mol. The number of carbonyl (C=O) groups is 1. The third-order valence-corrected chi connectivity index (χ3v) is 3.90. The van der Waals surface area contributed by atoms with Gasteiger partial charge in [0.2, 0.25) is 5.91 Å². The van der Waals surface area contributed by atoms with Crippen LogP contribution in [0.3, 0.4) is 0 Å². The standard InChI is InChI=1S/C15H20F2N2O/c1-10(18)11-3-2-6-19(9-11)15(20)8-12-7-13(16)4-5-14(12)17/h4-5,7,10-11H,2-3,6,8-9,18H2,1H3/t10-,11+/m0/s1. The summed E-state index contributed by atoms with van der Waals surface area (Å²) in [5, 5.41) is 0. The van der Waals surface area contributed by atoms with Crippen LogP contribution in [0.5, 0.6) is 0 Å². The van der Waals surface area contributed by atoms with Gasteiger partial charge in [-0.2, -0.15) is 0 Å². The first-order valence-electron chi connectivity index (χ1n) is 6.94. The van der Waals surface area contributed by atoms with Gasteiger partial charge in [0.1, 0.15) is 11.6 Å². The molecule has 0 aromatic heterocycles. The van der Waals surface area contributed by atoms with Gasteiger partial charge >= 0.3 is 0 Å². The van der Waals surface area contributed by atoms with Crippen molar-refractivity contribution in [1.82, 2.24) is 4.90 Å². The number of benzene rings is 1. The molecule has 0 saturated carbocycles. The van der Waals surface area contributed by atoms with Crippen molar-refractivity contribution in [2.24, 2.45) is 11.7 Å². The number of halogens is 2. The summed E-state index contributed by atoms with van der Waals surface area (Å²) in [7, 11) is 0. The molecule has 1 fully saturated rings. The number of hydrogen-bond donors (Lipinski definition) is 1. The van der Waals surface area contributed by atoms with Crippen LogP contribution in [0.4, 0.5) is 8.78 Å². The van der Waals surface area contributed by atoms with E-state index >= 15 is 0 Å². The largest absolute Gasteiger partial charge is 0.342 e. The smallest absolute Gasteiger partial charge is 0.227 e. The van der Waals surface area contributed by atoms with Crippen LogP contribution in [0.25, 0.3) is 0 Å². The van der Waals surface area contributed by atoms with E-state index in [9.17, 15) is 13.6 Å². The summed E-state index contributed by atoms with van der Waals surface area (Å²) >= 11 is 0. The van der Waals surface area contributed by atoms with E-state index < -0.39 is 11.6 Å². The van der Waals surface area contributed by atoms with E-state index in [1.165, 1.54) is 0 Å². The van der Waals surface area contributed by atoms with Crippen LogP contribution in [-0.4, -0.2) is 29.9 Å². The molecule has 20 heavy (non-hydrogen) atoms. The molecule has 0 unspecified atom stereocenters. The molecule has 1 aliphatic rings. The van der Waals surface area contributed by atoms with Crippen LogP contribution in [0.15, 0.2) is 18.2 Å². The van der Waals surface area contributed by atoms with Crippen molar-refractivity contribution >= 4 is 5.91 Å². The zero-order chi connectivity index (χ0) is 14.7. The van der Waals surface area contributed by atoms with Crippen molar-refractivity contribution in [3.05, 3.63) is 35.4 Å². The maximum Gasteiger partial charge on any atom is 0.227 e. The average molecular weight is 282 g/mol. The van der Waals surface area contributed by atoms with Gasteiger partial charge < -0.3 is 10.6 Å². The second-order valence-electron chi connectivity index (χ2n) is 5.51. The molecule has 1 heterocycles. The van der Waals surface area contributed by atoms with Gasteiger partial charge in [-0.1, -0.05) is 0 Å². The zero-order valence-corrected chi connectivity index (χ0v) is 11.6. The molecule has 5 heteroatoms. The second kappa shape index (κ2) is 6.31. The lowest BCUT2D eigenvalue weighted by atomic mass is 9.92. The van der Waals surface area contributed by atoms with Gasteiger partial charge in [0.15, 0.2) is 0 Å². The fraction of sp³-hybridized carbons (Fsp3) is 0.533. The number of likely N-dealkylation sites (tertiary alicyclic amines) is 1. The molecular formula is C15H20F2N2O. The maximum absolute atomic E-state index is 13.5. The first-order valence-corrected chi connectivity index (χ1v) is 6.94. The molecule has 3 nitrogen and oxygen atoms in total. The molecule has 1 aromatic rings. The summed E-state index contributed by atoms with van der Waals surface area (Å²) in [4.78, 5) is 13.9. The summed E-state index contributed by atoms with van der Waals surface area (Å²) in [5.41, 5.74) is 5.99. The molecular weight excluding hydrogens is 262 g/mol. The maximum atomic E-state index is 13.5. The highest BCUT2D eigenvalue weighted by molar-refractivity contribution is 5.79. The number of carbonyl (C=O) groups excluding carboxylic acids is 1. The fourth-order valence-electron chi connectivity index (χ4n) is 2.62. The Bertz CT molecular complexity index is 491. The minimum atomic E-state index is -0.541. The van der Waals surface area contributed by atoms with Gasteiger partial charge in [-0.3, -0.25) is 4.79 Å². The van der Waals surface area contributed by atoms with Gasteiger partial charge in [-0.15, -0.1) is 0 Å². The minimum absolute atomic E-state index is 0.0384. The van der Waals surface area contributed by atoms with Gasteiger partial charge in [0, 0.05) is 24.7 Å². The lowest BCUT2D eigenvalue weighted by Crippen LogP contribution is -2.45. The van der Waals surface area contributed by atoms with Crippen LogP contribution in [0.2, 0.25) is 0 Å². The lowest BCUT2D eigenvalue weighted by molar-refractivity contribution is -0.132. The number of rotatable bonds is 3. The molecule has 1 saturated heterocycles. The highest BCUT2D eigenvalue weighted by Gasteiger charge is 2.26. The van der Waals surface area contributed by atoms with E-state index in [-0.39, 0.29) is 29.9 Å². The molecule has 2 atom stereocenters. The van der Waals surface area contributed by atoms with E-state index in [1.807, 2.05) is 6.92 Å². The van der Waals surface area contributed by atoms with Gasteiger partial charge in [0.05, 0.1) is 6.42 Å². The highest BCUT2D eigenvalue weighted by atomic mass is 19.1. The molecule has 2 rings (SSSR count). The number of piperidine rings is 1. The van der Waals surface area contributed by atoms with Crippen molar-refractivity contribution in [2.75, 3.05) is 13.1 Å². The Labute approximate surface area is 117 Å². The predicted octanol–water partition coefficient (Wildman–Crippen LogP) is 2.09. The number of hydrogen-bond acceptors (Lipinski definition) is 2. The zero-order valence-electron chi connectivity index (χ0n) is 11.6. The topological polar surface area (TPSA) is 46.3 Å². The van der Waals surface area contributed by atoms with Crippen LogP contribution in [0, 0.1) is 17.6 Å². The van der Waals surface area contributed by atoms with E-state index in [4.69, 9.17) is 5.73 Å². The first-order chi connectivity index (χ1) is 9.47. The Morgan fingerprint density at radius 2 is 2.25 bits per heavy atom. The van der Waals surface area contributed by atoms with E-state index in [0.717, 1.165) is 31.0 Å². The fourth-order valence-corrected chi connectivity index (χ4v) is 2.62. The Morgan fingerprint density at radius 1 is 1.50 bits per heavy atom. The summed E-state index contributed by atoms with van der Waals surface area (Å²) in [6.07, 6.45) is 1.81. The van der Waals surface area contributed by atoms with Crippen molar-refractivity contribution in [3.8, 4) is 0 Å². The number of nitrogens with zero attached hydrogens (tertiary/aromatic N) is 1. The van der Waals surface area contributed by atoms with Crippen molar-refractivity contribution < 1.29 is 13.6 Å². The van der Waals surface area contributed by atoms with Gasteiger partial charge in [-0.25, -0.2) is 8.78 Å². The quantitative estimate of drug-likeness (QED) is 0.922. The Kier molecular flexibility index (Phi) is 4.70.